The van der Waals surface area contributed by atoms with Crippen molar-refractivity contribution in [1.29, 1.82) is 0 Å². The lowest BCUT2D eigenvalue weighted by Crippen LogP contribution is -2.32. The number of carbonyl (C=O) groups is 1. The van der Waals surface area contributed by atoms with Crippen LogP contribution in [-0.4, -0.2) is 30.0 Å². The van der Waals surface area contributed by atoms with E-state index in [0.29, 0.717) is 22.9 Å². The van der Waals surface area contributed by atoms with Gasteiger partial charge in [0.1, 0.15) is 0 Å². The fraction of sp³-hybridized carbons (Fsp3) is 0.333. The highest BCUT2D eigenvalue weighted by atomic mass is 35.5. The number of halogens is 1. The van der Waals surface area contributed by atoms with E-state index in [-0.39, 0.29) is 12.0 Å². The molecule has 0 saturated heterocycles. The molecule has 0 spiro atoms. The number of nitrogens with zero attached hydrogens (tertiary/aromatic N) is 1. The van der Waals surface area contributed by atoms with Gasteiger partial charge in [0.2, 0.25) is 0 Å². The first-order valence-electron chi connectivity index (χ1n) is 6.62. The van der Waals surface area contributed by atoms with Gasteiger partial charge in [-0.3, -0.25) is 4.99 Å². The van der Waals surface area contributed by atoms with Crippen LogP contribution < -0.4 is 5.32 Å². The highest BCUT2D eigenvalue weighted by Gasteiger charge is 2.28. The predicted molar refractivity (Wildman–Crippen MR) is 88.6 cm³/mol. The van der Waals surface area contributed by atoms with Crippen molar-refractivity contribution >= 4 is 40.2 Å². The second-order valence-electron chi connectivity index (χ2n) is 4.46. The van der Waals surface area contributed by atoms with Gasteiger partial charge >= 0.3 is 5.97 Å². The minimum atomic E-state index is -0.351. The Morgan fingerprint density at radius 3 is 2.90 bits per heavy atom. The molecule has 1 heterocycles. The molecule has 112 valence electrons. The van der Waals surface area contributed by atoms with E-state index < -0.39 is 0 Å². The number of aliphatic imine (C=N–C) groups is 1. The Morgan fingerprint density at radius 1 is 1.52 bits per heavy atom. The van der Waals surface area contributed by atoms with Crippen molar-refractivity contribution in [1.82, 2.24) is 5.32 Å². The summed E-state index contributed by atoms with van der Waals surface area (Å²) in [5.74, 6) is -0.351. The van der Waals surface area contributed by atoms with Crippen molar-refractivity contribution in [3.63, 3.8) is 0 Å². The van der Waals surface area contributed by atoms with Gasteiger partial charge < -0.3 is 10.1 Å². The number of amidine groups is 1. The summed E-state index contributed by atoms with van der Waals surface area (Å²) in [5.41, 5.74) is 2.08. The minimum absolute atomic E-state index is 0.262. The van der Waals surface area contributed by atoms with Crippen molar-refractivity contribution in [2.45, 2.75) is 19.9 Å². The molecule has 6 heteroatoms. The van der Waals surface area contributed by atoms with E-state index >= 15 is 0 Å². The van der Waals surface area contributed by atoms with Crippen molar-refractivity contribution in [3.05, 3.63) is 40.4 Å². The van der Waals surface area contributed by atoms with Crippen molar-refractivity contribution in [2.75, 3.05) is 12.9 Å². The van der Waals surface area contributed by atoms with Gasteiger partial charge in [-0.25, -0.2) is 4.79 Å². The first-order valence-corrected chi connectivity index (χ1v) is 8.23. The third kappa shape index (κ3) is 3.60. The van der Waals surface area contributed by atoms with E-state index in [0.717, 1.165) is 10.7 Å². The van der Waals surface area contributed by atoms with Gasteiger partial charge in [0.05, 0.1) is 23.9 Å². The number of rotatable bonds is 3. The van der Waals surface area contributed by atoms with Crippen LogP contribution in [0.15, 0.2) is 34.8 Å². The average Bonchev–Trinajstić information content (AvgIpc) is 2.46. The molecule has 1 aromatic carbocycles. The number of benzene rings is 1. The van der Waals surface area contributed by atoms with Gasteiger partial charge in [0, 0.05) is 10.6 Å². The Bertz CT molecular complexity index is 613. The molecular formula is C15H17ClN2O2S. The Kier molecular flexibility index (Phi) is 5.31. The van der Waals surface area contributed by atoms with E-state index in [1.54, 1.807) is 13.0 Å². The zero-order chi connectivity index (χ0) is 15.4. The third-order valence-corrected chi connectivity index (χ3v) is 3.86. The molecule has 0 aromatic heterocycles. The summed E-state index contributed by atoms with van der Waals surface area (Å²) in [7, 11) is 0. The maximum Gasteiger partial charge on any atom is 0.338 e. The Balaban J connectivity index is 2.51. The van der Waals surface area contributed by atoms with E-state index in [1.807, 2.05) is 31.4 Å². The summed E-state index contributed by atoms with van der Waals surface area (Å²) in [6.45, 7) is 4.00. The normalized spacial score (nSPS) is 18.1. The molecule has 0 bridgehead atoms. The topological polar surface area (TPSA) is 50.7 Å². The van der Waals surface area contributed by atoms with Crippen LogP contribution in [0.2, 0.25) is 5.02 Å². The molecule has 2 rings (SSSR count). The number of ether oxygens (including phenoxy) is 1. The monoisotopic (exact) mass is 324 g/mol. The summed E-state index contributed by atoms with van der Waals surface area (Å²) in [5, 5.41) is 4.59. The summed E-state index contributed by atoms with van der Waals surface area (Å²) >= 11 is 7.56. The average molecular weight is 325 g/mol. The number of esters is 1. The lowest BCUT2D eigenvalue weighted by atomic mass is 10.0. The van der Waals surface area contributed by atoms with Gasteiger partial charge in [-0.15, -0.1) is 0 Å². The molecule has 1 aliphatic heterocycles. The van der Waals surface area contributed by atoms with Crippen molar-refractivity contribution in [2.24, 2.45) is 4.99 Å². The van der Waals surface area contributed by atoms with Gasteiger partial charge in [-0.05, 0) is 32.2 Å². The largest absolute Gasteiger partial charge is 0.463 e. The predicted octanol–water partition coefficient (Wildman–Crippen LogP) is 3.32. The molecule has 0 amide bonds. The highest BCUT2D eigenvalue weighted by Crippen LogP contribution is 2.27. The summed E-state index contributed by atoms with van der Waals surface area (Å²) < 4.78 is 5.16. The SMILES string of the molecule is CCOC(=O)C1=C(c2cccc(Cl)c2)NC(SC)=NC1C. The van der Waals surface area contributed by atoms with Crippen LogP contribution in [0, 0.1) is 0 Å². The minimum Gasteiger partial charge on any atom is -0.463 e. The van der Waals surface area contributed by atoms with Crippen LogP contribution in [0.3, 0.4) is 0 Å². The van der Waals surface area contributed by atoms with Gasteiger partial charge in [-0.2, -0.15) is 0 Å². The van der Waals surface area contributed by atoms with Crippen LogP contribution in [0.25, 0.3) is 5.70 Å². The zero-order valence-electron chi connectivity index (χ0n) is 12.1. The maximum atomic E-state index is 12.2. The van der Waals surface area contributed by atoms with Crippen LogP contribution in [-0.2, 0) is 9.53 Å². The Hall–Kier alpha value is -1.46. The highest BCUT2D eigenvalue weighted by molar-refractivity contribution is 8.13. The van der Waals surface area contributed by atoms with Gasteiger partial charge in [0.15, 0.2) is 5.17 Å². The molecular weight excluding hydrogens is 308 g/mol. The van der Waals surface area contributed by atoms with Gasteiger partial charge in [0.25, 0.3) is 0 Å². The summed E-state index contributed by atoms with van der Waals surface area (Å²) in [6.07, 6.45) is 1.93. The number of hydrogen-bond acceptors (Lipinski definition) is 5. The molecule has 1 atom stereocenters. The van der Waals surface area contributed by atoms with Crippen LogP contribution in [0.1, 0.15) is 19.4 Å². The summed E-state index contributed by atoms with van der Waals surface area (Å²) in [6, 6.07) is 7.11. The number of carbonyl (C=O) groups excluding carboxylic acids is 1. The number of hydrogen-bond donors (Lipinski definition) is 1. The first kappa shape index (κ1) is 15.9. The Morgan fingerprint density at radius 2 is 2.29 bits per heavy atom. The lowest BCUT2D eigenvalue weighted by Gasteiger charge is -2.24. The number of thioether (sulfide) groups is 1. The molecule has 0 aliphatic carbocycles. The van der Waals surface area contributed by atoms with Crippen molar-refractivity contribution in [3.8, 4) is 0 Å². The molecule has 0 saturated carbocycles. The van der Waals surface area contributed by atoms with Crippen LogP contribution in [0.4, 0.5) is 0 Å². The molecule has 1 N–H and O–H groups in total. The van der Waals surface area contributed by atoms with Crippen molar-refractivity contribution < 1.29 is 9.53 Å². The molecule has 0 radical (unpaired) electrons. The lowest BCUT2D eigenvalue weighted by molar-refractivity contribution is -0.138. The van der Waals surface area contributed by atoms with E-state index in [2.05, 4.69) is 10.3 Å². The second kappa shape index (κ2) is 7.00. The van der Waals surface area contributed by atoms with E-state index in [1.165, 1.54) is 11.8 Å². The zero-order valence-corrected chi connectivity index (χ0v) is 13.7. The van der Waals surface area contributed by atoms with Gasteiger partial charge in [-0.1, -0.05) is 35.5 Å². The number of nitrogens with one attached hydrogen (secondary N) is 1. The van der Waals surface area contributed by atoms with Crippen LogP contribution in [0.5, 0.6) is 0 Å². The smallest absolute Gasteiger partial charge is 0.338 e. The summed E-state index contributed by atoms with van der Waals surface area (Å²) in [4.78, 5) is 16.7. The second-order valence-corrected chi connectivity index (χ2v) is 5.69. The van der Waals surface area contributed by atoms with E-state index in [4.69, 9.17) is 16.3 Å². The Labute approximate surface area is 133 Å². The maximum absolute atomic E-state index is 12.2. The standard InChI is InChI=1S/C15H17ClN2O2S/c1-4-20-14(19)12-9(2)17-15(21-3)18-13(12)10-6-5-7-11(16)8-10/h5-9H,4H2,1-3H3,(H,17,18). The molecule has 1 unspecified atom stereocenters. The fourth-order valence-corrected chi connectivity index (χ4v) is 2.77. The fourth-order valence-electron chi connectivity index (χ4n) is 2.11. The first-order chi connectivity index (χ1) is 10.1. The quantitative estimate of drug-likeness (QED) is 0.867. The van der Waals surface area contributed by atoms with Crippen LogP contribution >= 0.6 is 23.4 Å². The van der Waals surface area contributed by atoms with E-state index in [9.17, 15) is 4.79 Å². The third-order valence-electron chi connectivity index (χ3n) is 3.03. The molecule has 4 nitrogen and oxygen atoms in total. The molecule has 1 aliphatic rings. The molecule has 0 fully saturated rings. The molecule has 21 heavy (non-hydrogen) atoms. The molecule has 1 aromatic rings.